The highest BCUT2D eigenvalue weighted by Gasteiger charge is 2.22. The van der Waals surface area contributed by atoms with E-state index in [2.05, 4.69) is 0 Å². The fourth-order valence-corrected chi connectivity index (χ4v) is 2.66. The molecule has 0 atom stereocenters. The minimum absolute atomic E-state index is 0.305. The van der Waals surface area contributed by atoms with E-state index in [0.717, 1.165) is 11.1 Å². The fraction of sp³-hybridized carbons (Fsp3) is 0.0952. The smallest absolute Gasteiger partial charge is 0.341 e. The average Bonchev–Trinajstić information content (AvgIpc) is 2.67. The van der Waals surface area contributed by atoms with Crippen LogP contribution in [0.15, 0.2) is 78.9 Å². The molecule has 0 spiro atoms. The second-order valence-corrected chi connectivity index (χ2v) is 5.53. The molecule has 0 bridgehead atoms. The van der Waals surface area contributed by atoms with E-state index >= 15 is 0 Å². The van der Waals surface area contributed by atoms with Crippen molar-refractivity contribution >= 4 is 11.7 Å². The molecular weight excluding hydrogens is 314 g/mol. The standard InChI is InChI=1S/C21H19NO3/c1-24-21(23)17-13-8-14-18(22)20(17)25-19(15-9-4-2-5-10-15)16-11-6-3-7-12-16/h2-14,19H,22H2,1H3. The maximum Gasteiger partial charge on any atom is 0.341 e. The number of nitrogen functional groups attached to an aromatic ring is 1. The van der Waals surface area contributed by atoms with E-state index in [-0.39, 0.29) is 0 Å². The second-order valence-electron chi connectivity index (χ2n) is 5.53. The Morgan fingerprint density at radius 3 is 1.92 bits per heavy atom. The third kappa shape index (κ3) is 3.63. The Hall–Kier alpha value is -3.27. The Balaban J connectivity index is 2.07. The number of carbonyl (C=O) groups is 1. The van der Waals surface area contributed by atoms with Crippen molar-refractivity contribution in [2.75, 3.05) is 12.8 Å². The molecule has 0 fully saturated rings. The summed E-state index contributed by atoms with van der Waals surface area (Å²) in [5.74, 6) is -0.158. The van der Waals surface area contributed by atoms with Crippen LogP contribution >= 0.6 is 0 Å². The van der Waals surface area contributed by atoms with Crippen LogP contribution < -0.4 is 10.5 Å². The lowest BCUT2D eigenvalue weighted by Crippen LogP contribution is -2.14. The van der Waals surface area contributed by atoms with Crippen molar-refractivity contribution in [1.29, 1.82) is 0 Å². The quantitative estimate of drug-likeness (QED) is 0.561. The van der Waals surface area contributed by atoms with E-state index in [4.69, 9.17) is 15.2 Å². The minimum Gasteiger partial charge on any atom is -0.478 e. The molecule has 0 aliphatic rings. The summed E-state index contributed by atoms with van der Waals surface area (Å²) in [6.07, 6.45) is -0.393. The van der Waals surface area contributed by atoms with Crippen molar-refractivity contribution in [1.82, 2.24) is 0 Å². The molecule has 4 nitrogen and oxygen atoms in total. The number of carbonyl (C=O) groups excluding carboxylic acids is 1. The van der Waals surface area contributed by atoms with E-state index in [9.17, 15) is 4.79 Å². The highest BCUT2D eigenvalue weighted by molar-refractivity contribution is 5.94. The van der Waals surface area contributed by atoms with Gasteiger partial charge in [-0.25, -0.2) is 4.79 Å². The Bertz CT molecular complexity index is 808. The van der Waals surface area contributed by atoms with Crippen LogP contribution in [0.2, 0.25) is 0 Å². The van der Waals surface area contributed by atoms with Gasteiger partial charge in [0, 0.05) is 0 Å². The van der Waals surface area contributed by atoms with E-state index in [1.807, 2.05) is 60.7 Å². The number of rotatable bonds is 5. The molecule has 3 rings (SSSR count). The maximum absolute atomic E-state index is 12.1. The van der Waals surface area contributed by atoms with Gasteiger partial charge in [0.05, 0.1) is 12.8 Å². The van der Waals surface area contributed by atoms with Gasteiger partial charge in [0.25, 0.3) is 0 Å². The van der Waals surface area contributed by atoms with Crippen molar-refractivity contribution in [2.24, 2.45) is 0 Å². The summed E-state index contributed by atoms with van der Waals surface area (Å²) in [6, 6.07) is 24.7. The predicted molar refractivity (Wildman–Crippen MR) is 97.5 cm³/mol. The van der Waals surface area contributed by atoms with Crippen molar-refractivity contribution in [2.45, 2.75) is 6.10 Å². The van der Waals surface area contributed by atoms with Gasteiger partial charge in [-0.15, -0.1) is 0 Å². The van der Waals surface area contributed by atoms with Crippen molar-refractivity contribution in [3.05, 3.63) is 95.6 Å². The van der Waals surface area contributed by atoms with Gasteiger partial charge in [0.2, 0.25) is 0 Å². The molecule has 0 saturated carbocycles. The molecule has 3 aromatic rings. The number of hydrogen-bond donors (Lipinski definition) is 1. The molecule has 0 amide bonds. The largest absolute Gasteiger partial charge is 0.478 e. The predicted octanol–water partition coefficient (Wildman–Crippen LogP) is 4.22. The molecule has 0 radical (unpaired) electrons. The first-order valence-corrected chi connectivity index (χ1v) is 7.94. The fourth-order valence-electron chi connectivity index (χ4n) is 2.66. The summed E-state index contributed by atoms with van der Waals surface area (Å²) in [5.41, 5.74) is 8.71. The van der Waals surface area contributed by atoms with Crippen molar-refractivity contribution in [3.8, 4) is 5.75 Å². The molecular formula is C21H19NO3. The first kappa shape index (κ1) is 16.6. The number of hydrogen-bond acceptors (Lipinski definition) is 4. The molecule has 0 heterocycles. The molecule has 0 aliphatic heterocycles. The number of anilines is 1. The van der Waals surface area contributed by atoms with E-state index in [1.54, 1.807) is 18.2 Å². The van der Waals surface area contributed by atoms with Gasteiger partial charge in [0.15, 0.2) is 5.75 Å². The Morgan fingerprint density at radius 2 is 1.40 bits per heavy atom. The van der Waals surface area contributed by atoms with Gasteiger partial charge in [-0.05, 0) is 23.3 Å². The van der Waals surface area contributed by atoms with Gasteiger partial charge in [-0.3, -0.25) is 0 Å². The highest BCUT2D eigenvalue weighted by Crippen LogP contribution is 2.34. The van der Waals surface area contributed by atoms with Crippen molar-refractivity contribution in [3.63, 3.8) is 0 Å². The minimum atomic E-state index is -0.484. The molecule has 0 aliphatic carbocycles. The summed E-state index contributed by atoms with van der Waals surface area (Å²) in [7, 11) is 1.33. The van der Waals surface area contributed by atoms with E-state index in [0.29, 0.717) is 17.0 Å². The number of methoxy groups -OCH3 is 1. The summed E-state index contributed by atoms with van der Waals surface area (Å²) < 4.78 is 11.1. The monoisotopic (exact) mass is 333 g/mol. The summed E-state index contributed by atoms with van der Waals surface area (Å²) in [4.78, 5) is 12.1. The molecule has 0 saturated heterocycles. The SMILES string of the molecule is COC(=O)c1cccc(N)c1OC(c1ccccc1)c1ccccc1. The molecule has 0 aromatic heterocycles. The van der Waals surface area contributed by atoms with Crippen LogP contribution in [0.4, 0.5) is 5.69 Å². The number of benzene rings is 3. The first-order chi connectivity index (χ1) is 12.2. The summed E-state index contributed by atoms with van der Waals surface area (Å²) >= 11 is 0. The van der Waals surface area contributed by atoms with Crippen LogP contribution in [0.3, 0.4) is 0 Å². The van der Waals surface area contributed by atoms with Crippen molar-refractivity contribution < 1.29 is 14.3 Å². The normalized spacial score (nSPS) is 10.5. The van der Waals surface area contributed by atoms with Gasteiger partial charge < -0.3 is 15.2 Å². The lowest BCUT2D eigenvalue weighted by atomic mass is 10.0. The maximum atomic E-state index is 12.1. The number of ether oxygens (including phenoxy) is 2. The molecule has 2 N–H and O–H groups in total. The zero-order chi connectivity index (χ0) is 17.6. The zero-order valence-electron chi connectivity index (χ0n) is 13.9. The number of nitrogens with two attached hydrogens (primary N) is 1. The zero-order valence-corrected chi connectivity index (χ0v) is 13.9. The van der Waals surface area contributed by atoms with Crippen LogP contribution in [0.1, 0.15) is 27.6 Å². The van der Waals surface area contributed by atoms with Gasteiger partial charge in [-0.1, -0.05) is 66.7 Å². The molecule has 126 valence electrons. The van der Waals surface area contributed by atoms with Crippen LogP contribution in [-0.2, 0) is 4.74 Å². The molecule has 3 aromatic carbocycles. The van der Waals surface area contributed by atoms with Gasteiger partial charge >= 0.3 is 5.97 Å². The van der Waals surface area contributed by atoms with Crippen LogP contribution in [-0.4, -0.2) is 13.1 Å². The lowest BCUT2D eigenvalue weighted by Gasteiger charge is -2.22. The molecule has 25 heavy (non-hydrogen) atoms. The van der Waals surface area contributed by atoms with E-state index < -0.39 is 12.1 Å². The first-order valence-electron chi connectivity index (χ1n) is 7.94. The average molecular weight is 333 g/mol. The molecule has 0 unspecified atom stereocenters. The summed E-state index contributed by atoms with van der Waals surface area (Å²) in [6.45, 7) is 0. The Kier molecular flexibility index (Phi) is 5.00. The van der Waals surface area contributed by atoms with Gasteiger partial charge in [0.1, 0.15) is 11.7 Å². The van der Waals surface area contributed by atoms with Crippen LogP contribution in [0.5, 0.6) is 5.75 Å². The highest BCUT2D eigenvalue weighted by atomic mass is 16.5. The third-order valence-corrected chi connectivity index (χ3v) is 3.89. The van der Waals surface area contributed by atoms with Crippen LogP contribution in [0, 0.1) is 0 Å². The Labute approximate surface area is 146 Å². The Morgan fingerprint density at radius 1 is 0.840 bits per heavy atom. The topological polar surface area (TPSA) is 61.5 Å². The summed E-state index contributed by atoms with van der Waals surface area (Å²) in [5, 5.41) is 0. The van der Waals surface area contributed by atoms with Crippen LogP contribution in [0.25, 0.3) is 0 Å². The number of esters is 1. The lowest BCUT2D eigenvalue weighted by molar-refractivity contribution is 0.0594. The second kappa shape index (κ2) is 7.53. The number of para-hydroxylation sites is 1. The molecule has 4 heteroatoms. The third-order valence-electron chi connectivity index (χ3n) is 3.89. The van der Waals surface area contributed by atoms with E-state index in [1.165, 1.54) is 7.11 Å². The van der Waals surface area contributed by atoms with Gasteiger partial charge in [-0.2, -0.15) is 0 Å².